The molecule has 0 aliphatic carbocycles. The van der Waals surface area contributed by atoms with Crippen LogP contribution in [0.2, 0.25) is 10.0 Å². The van der Waals surface area contributed by atoms with Crippen LogP contribution in [0.4, 0.5) is 4.39 Å². The number of benzene rings is 3. The van der Waals surface area contributed by atoms with Gasteiger partial charge < -0.3 is 15.0 Å². The van der Waals surface area contributed by atoms with Gasteiger partial charge in [-0.25, -0.2) is 4.39 Å². The van der Waals surface area contributed by atoms with Crippen molar-refractivity contribution in [2.45, 2.75) is 38.8 Å². The molecular formula is C28H29Cl2FN2O3. The van der Waals surface area contributed by atoms with Crippen molar-refractivity contribution in [3.63, 3.8) is 0 Å². The van der Waals surface area contributed by atoms with E-state index in [2.05, 4.69) is 5.32 Å². The smallest absolute Gasteiger partial charge is 0.261 e. The summed E-state index contributed by atoms with van der Waals surface area (Å²) < 4.78 is 19.2. The number of amides is 2. The highest BCUT2D eigenvalue weighted by Crippen LogP contribution is 2.27. The fraction of sp³-hybridized carbons (Fsp3) is 0.286. The maximum atomic E-state index is 13.5. The lowest BCUT2D eigenvalue weighted by Crippen LogP contribution is -2.51. The number of nitrogens with zero attached hydrogens (tertiary/aromatic N) is 1. The van der Waals surface area contributed by atoms with Gasteiger partial charge in [0, 0.05) is 24.5 Å². The van der Waals surface area contributed by atoms with Gasteiger partial charge in [0.25, 0.3) is 5.91 Å². The summed E-state index contributed by atoms with van der Waals surface area (Å²) in [5, 5.41) is 3.68. The first-order valence-corrected chi connectivity index (χ1v) is 12.6. The molecule has 0 saturated carbocycles. The Labute approximate surface area is 221 Å². The minimum absolute atomic E-state index is 0.107. The topological polar surface area (TPSA) is 58.6 Å². The van der Waals surface area contributed by atoms with Gasteiger partial charge in [0.15, 0.2) is 6.61 Å². The molecule has 3 rings (SSSR count). The molecule has 3 aromatic carbocycles. The van der Waals surface area contributed by atoms with Crippen LogP contribution in [0.1, 0.15) is 30.9 Å². The van der Waals surface area contributed by atoms with E-state index in [1.807, 2.05) is 37.3 Å². The number of carbonyl (C=O) groups excluding carboxylic acids is 2. The largest absolute Gasteiger partial charge is 0.482 e. The van der Waals surface area contributed by atoms with Crippen LogP contribution in [0.15, 0.2) is 72.8 Å². The molecule has 190 valence electrons. The summed E-state index contributed by atoms with van der Waals surface area (Å²) in [4.78, 5) is 28.3. The van der Waals surface area contributed by atoms with Gasteiger partial charge >= 0.3 is 0 Å². The SMILES string of the molecule is CCCCNC(=O)[C@@H](Cc1ccccc1)N(Cc1ccc(F)cc1)C(=O)COc1ccc(Cl)cc1Cl. The van der Waals surface area contributed by atoms with E-state index >= 15 is 0 Å². The van der Waals surface area contributed by atoms with Gasteiger partial charge in [-0.3, -0.25) is 9.59 Å². The van der Waals surface area contributed by atoms with Crippen LogP contribution in [0, 0.1) is 5.82 Å². The van der Waals surface area contributed by atoms with Gasteiger partial charge in [0.05, 0.1) is 5.02 Å². The van der Waals surface area contributed by atoms with E-state index < -0.39 is 11.9 Å². The molecular weight excluding hydrogens is 502 g/mol. The Balaban J connectivity index is 1.88. The van der Waals surface area contributed by atoms with E-state index in [1.54, 1.807) is 24.3 Å². The van der Waals surface area contributed by atoms with Gasteiger partial charge in [-0.2, -0.15) is 0 Å². The molecule has 0 radical (unpaired) electrons. The molecule has 1 N–H and O–H groups in total. The monoisotopic (exact) mass is 530 g/mol. The Morgan fingerprint density at radius 2 is 1.72 bits per heavy atom. The molecule has 0 unspecified atom stereocenters. The fourth-order valence-electron chi connectivity index (χ4n) is 3.66. The van der Waals surface area contributed by atoms with Crippen molar-refractivity contribution in [2.24, 2.45) is 0 Å². The number of nitrogens with one attached hydrogen (secondary N) is 1. The van der Waals surface area contributed by atoms with Crippen molar-refractivity contribution in [2.75, 3.05) is 13.2 Å². The molecule has 2 amide bonds. The zero-order valence-electron chi connectivity index (χ0n) is 20.1. The van der Waals surface area contributed by atoms with Crippen molar-refractivity contribution < 1.29 is 18.7 Å². The Kier molecular flexibility index (Phi) is 10.6. The van der Waals surface area contributed by atoms with Crippen LogP contribution in [0.3, 0.4) is 0 Å². The van der Waals surface area contributed by atoms with Crippen LogP contribution in [0.5, 0.6) is 5.75 Å². The number of hydrogen-bond donors (Lipinski definition) is 1. The average Bonchev–Trinajstić information content (AvgIpc) is 2.87. The molecule has 0 spiro atoms. The average molecular weight is 531 g/mol. The zero-order valence-corrected chi connectivity index (χ0v) is 21.6. The quantitative estimate of drug-likeness (QED) is 0.289. The predicted octanol–water partition coefficient (Wildman–Crippen LogP) is 6.07. The second kappa shape index (κ2) is 13.9. The molecule has 0 bridgehead atoms. The number of carbonyl (C=O) groups is 2. The summed E-state index contributed by atoms with van der Waals surface area (Å²) >= 11 is 12.1. The predicted molar refractivity (Wildman–Crippen MR) is 141 cm³/mol. The summed E-state index contributed by atoms with van der Waals surface area (Å²) in [6.45, 7) is 2.32. The molecule has 0 aliphatic heterocycles. The van der Waals surface area contributed by atoms with Crippen molar-refractivity contribution >= 4 is 35.0 Å². The molecule has 0 aliphatic rings. The molecule has 0 aromatic heterocycles. The maximum Gasteiger partial charge on any atom is 0.261 e. The standard InChI is InChI=1S/C28H29Cl2FN2O3/c1-2-3-15-32-28(35)25(16-20-7-5-4-6-8-20)33(18-21-9-12-23(31)13-10-21)27(34)19-36-26-14-11-22(29)17-24(26)30/h4-14,17,25H,2-3,15-16,18-19H2,1H3,(H,32,35)/t25-/m1/s1. The van der Waals surface area contributed by atoms with Crippen molar-refractivity contribution in [3.8, 4) is 5.75 Å². The normalized spacial score (nSPS) is 11.6. The summed E-state index contributed by atoms with van der Waals surface area (Å²) in [6, 6.07) is 19.3. The van der Waals surface area contributed by atoms with Gasteiger partial charge in [0.1, 0.15) is 17.6 Å². The second-order valence-corrected chi connectivity index (χ2v) is 9.21. The first-order chi connectivity index (χ1) is 17.4. The molecule has 1 atom stereocenters. The molecule has 0 saturated heterocycles. The van der Waals surface area contributed by atoms with E-state index in [1.165, 1.54) is 23.1 Å². The van der Waals surface area contributed by atoms with E-state index in [0.717, 1.165) is 18.4 Å². The highest BCUT2D eigenvalue weighted by molar-refractivity contribution is 6.35. The van der Waals surface area contributed by atoms with Gasteiger partial charge in [-0.15, -0.1) is 0 Å². The summed E-state index contributed by atoms with van der Waals surface area (Å²) in [5.74, 6) is -0.733. The summed E-state index contributed by atoms with van der Waals surface area (Å²) in [6.07, 6.45) is 2.07. The summed E-state index contributed by atoms with van der Waals surface area (Å²) in [5.41, 5.74) is 1.60. The fourth-order valence-corrected chi connectivity index (χ4v) is 4.12. The van der Waals surface area contributed by atoms with Crippen molar-refractivity contribution in [3.05, 3.63) is 99.8 Å². The first-order valence-electron chi connectivity index (χ1n) is 11.8. The van der Waals surface area contributed by atoms with Crippen LogP contribution in [-0.4, -0.2) is 35.9 Å². The highest BCUT2D eigenvalue weighted by atomic mass is 35.5. The van der Waals surface area contributed by atoms with Crippen LogP contribution in [-0.2, 0) is 22.6 Å². The van der Waals surface area contributed by atoms with Gasteiger partial charge in [-0.05, 0) is 47.9 Å². The number of hydrogen-bond acceptors (Lipinski definition) is 3. The third-order valence-electron chi connectivity index (χ3n) is 5.61. The third-order valence-corrected chi connectivity index (χ3v) is 6.14. The van der Waals surface area contributed by atoms with E-state index in [4.69, 9.17) is 27.9 Å². The van der Waals surface area contributed by atoms with E-state index in [-0.39, 0.29) is 29.9 Å². The number of halogens is 3. The lowest BCUT2D eigenvalue weighted by molar-refractivity contribution is -0.142. The van der Waals surface area contributed by atoms with Gasteiger partial charge in [0.2, 0.25) is 5.91 Å². The lowest BCUT2D eigenvalue weighted by Gasteiger charge is -2.31. The molecule has 0 fully saturated rings. The van der Waals surface area contributed by atoms with Crippen LogP contribution in [0.25, 0.3) is 0 Å². The minimum Gasteiger partial charge on any atom is -0.482 e. The molecule has 8 heteroatoms. The van der Waals surface area contributed by atoms with Crippen LogP contribution >= 0.6 is 23.2 Å². The summed E-state index contributed by atoms with van der Waals surface area (Å²) in [7, 11) is 0. The third kappa shape index (κ3) is 8.25. The van der Waals surface area contributed by atoms with E-state index in [9.17, 15) is 14.0 Å². The molecule has 5 nitrogen and oxygen atoms in total. The van der Waals surface area contributed by atoms with E-state index in [0.29, 0.717) is 29.3 Å². The number of unbranched alkanes of at least 4 members (excludes halogenated alkanes) is 1. The number of ether oxygens (including phenoxy) is 1. The Morgan fingerprint density at radius 1 is 1.00 bits per heavy atom. The van der Waals surface area contributed by atoms with Gasteiger partial charge in [-0.1, -0.05) is 79.0 Å². The maximum absolute atomic E-state index is 13.5. The van der Waals surface area contributed by atoms with Crippen molar-refractivity contribution in [1.29, 1.82) is 0 Å². The first kappa shape index (κ1) is 27.5. The zero-order chi connectivity index (χ0) is 25.9. The Hall–Kier alpha value is -3.09. The van der Waals surface area contributed by atoms with Crippen molar-refractivity contribution in [1.82, 2.24) is 10.2 Å². The Morgan fingerprint density at radius 3 is 2.39 bits per heavy atom. The molecule has 36 heavy (non-hydrogen) atoms. The highest BCUT2D eigenvalue weighted by Gasteiger charge is 2.30. The van der Waals surface area contributed by atoms with Crippen LogP contribution < -0.4 is 10.1 Å². The second-order valence-electron chi connectivity index (χ2n) is 8.36. The minimum atomic E-state index is -0.800. The molecule has 3 aromatic rings. The molecule has 0 heterocycles. The number of rotatable bonds is 12. The lowest BCUT2D eigenvalue weighted by atomic mass is 10.0. The Bertz CT molecular complexity index is 1140.